The number of nitrogens with one attached hydrogen (secondary N) is 2. The van der Waals surface area contributed by atoms with Crippen LogP contribution in [0.5, 0.6) is 0 Å². The van der Waals surface area contributed by atoms with E-state index in [-0.39, 0.29) is 30.4 Å². The van der Waals surface area contributed by atoms with Crippen LogP contribution in [0, 0.1) is 19.3 Å². The van der Waals surface area contributed by atoms with E-state index in [1.54, 1.807) is 58.9 Å². The molecular weight excluding hydrogens is 437 g/mol. The number of fused-ring (bicyclic) bond motifs is 1. The normalized spacial score (nSPS) is 12.1. The molecule has 0 saturated carbocycles. The van der Waals surface area contributed by atoms with Crippen molar-refractivity contribution in [3.05, 3.63) is 47.0 Å². The van der Waals surface area contributed by atoms with Crippen LogP contribution in [0.25, 0.3) is 5.78 Å². The third-order valence-electron chi connectivity index (χ3n) is 4.99. The Kier molecular flexibility index (Phi) is 6.44. The number of anilines is 2. The first-order chi connectivity index (χ1) is 15.3. The Morgan fingerprint density at radius 2 is 1.67 bits per heavy atom. The summed E-state index contributed by atoms with van der Waals surface area (Å²) in [5.74, 6) is -1.84. The van der Waals surface area contributed by atoms with E-state index in [1.807, 2.05) is 0 Å². The van der Waals surface area contributed by atoms with Crippen LogP contribution in [0.4, 0.5) is 24.5 Å². The van der Waals surface area contributed by atoms with E-state index in [0.717, 1.165) is 4.52 Å². The summed E-state index contributed by atoms with van der Waals surface area (Å²) in [7, 11) is 0. The lowest BCUT2D eigenvalue weighted by Crippen LogP contribution is -2.27. The smallest absolute Gasteiger partial charge is 0.326 e. The van der Waals surface area contributed by atoms with Crippen LogP contribution in [-0.2, 0) is 22.2 Å². The van der Waals surface area contributed by atoms with Gasteiger partial charge in [-0.3, -0.25) is 9.59 Å². The first kappa shape index (κ1) is 24.1. The molecule has 0 radical (unpaired) electrons. The van der Waals surface area contributed by atoms with Crippen molar-refractivity contribution in [3.63, 3.8) is 0 Å². The number of alkyl halides is 3. The van der Waals surface area contributed by atoms with Crippen LogP contribution in [0.2, 0.25) is 0 Å². The van der Waals surface area contributed by atoms with Crippen molar-refractivity contribution in [2.24, 2.45) is 5.41 Å². The Balaban J connectivity index is 1.70. The molecule has 0 aliphatic carbocycles. The van der Waals surface area contributed by atoms with Crippen molar-refractivity contribution in [3.8, 4) is 0 Å². The van der Waals surface area contributed by atoms with Crippen molar-refractivity contribution < 1.29 is 22.8 Å². The predicted molar refractivity (Wildman–Crippen MR) is 117 cm³/mol. The van der Waals surface area contributed by atoms with E-state index in [4.69, 9.17) is 0 Å². The lowest BCUT2D eigenvalue weighted by Gasteiger charge is -2.18. The summed E-state index contributed by atoms with van der Waals surface area (Å²) in [6, 6.07) is 6.78. The molecule has 33 heavy (non-hydrogen) atoms. The highest BCUT2D eigenvalue weighted by Gasteiger charge is 2.37. The number of carbonyl (C=O) groups is 2. The molecule has 0 aliphatic rings. The fourth-order valence-corrected chi connectivity index (χ4v) is 3.15. The van der Waals surface area contributed by atoms with Crippen LogP contribution in [0.3, 0.4) is 0 Å². The van der Waals surface area contributed by atoms with Gasteiger partial charge in [0.15, 0.2) is 0 Å². The Morgan fingerprint density at radius 1 is 1.03 bits per heavy atom. The second kappa shape index (κ2) is 8.80. The maximum Gasteiger partial charge on any atom is 0.453 e. The van der Waals surface area contributed by atoms with Crippen molar-refractivity contribution in [1.82, 2.24) is 19.6 Å². The fourth-order valence-electron chi connectivity index (χ4n) is 3.15. The maximum atomic E-state index is 12.9. The van der Waals surface area contributed by atoms with Gasteiger partial charge in [0.1, 0.15) is 0 Å². The van der Waals surface area contributed by atoms with Crippen LogP contribution >= 0.6 is 0 Å². The lowest BCUT2D eigenvalue weighted by atomic mass is 9.95. The quantitative estimate of drug-likeness (QED) is 0.588. The van der Waals surface area contributed by atoms with E-state index < -0.39 is 17.4 Å². The average Bonchev–Trinajstić information content (AvgIpc) is 3.12. The van der Waals surface area contributed by atoms with Gasteiger partial charge >= 0.3 is 6.18 Å². The standard InChI is InChI=1S/C22H25F3N6O2/c1-12-16(13(2)31-20(26-12)29-18(30-31)22(23,24)25)9-10-17(32)27-14-7-6-8-15(11-14)28-19(33)21(3,4)5/h6-8,11H,9-10H2,1-5H3,(H,27,32)(H,28,33). The highest BCUT2D eigenvalue weighted by Crippen LogP contribution is 2.27. The maximum absolute atomic E-state index is 12.9. The van der Waals surface area contributed by atoms with Crippen LogP contribution in [0.15, 0.2) is 24.3 Å². The number of nitrogens with zero attached hydrogens (tertiary/aromatic N) is 4. The highest BCUT2D eigenvalue weighted by molar-refractivity contribution is 5.96. The molecule has 176 valence electrons. The van der Waals surface area contributed by atoms with Gasteiger partial charge in [-0.25, -0.2) is 9.50 Å². The summed E-state index contributed by atoms with van der Waals surface area (Å²) in [6.07, 6.45) is -4.34. The van der Waals surface area contributed by atoms with Crippen molar-refractivity contribution >= 4 is 29.0 Å². The molecule has 0 unspecified atom stereocenters. The zero-order valence-corrected chi connectivity index (χ0v) is 19.0. The molecule has 1 aromatic carbocycles. The summed E-state index contributed by atoms with van der Waals surface area (Å²) in [4.78, 5) is 32.2. The van der Waals surface area contributed by atoms with Crippen LogP contribution in [0.1, 0.15) is 50.0 Å². The molecule has 2 heterocycles. The Hall–Kier alpha value is -3.50. The molecule has 2 amide bonds. The summed E-state index contributed by atoms with van der Waals surface area (Å²) in [6.45, 7) is 8.67. The largest absolute Gasteiger partial charge is 0.453 e. The number of aryl methyl sites for hydroxylation is 2. The minimum atomic E-state index is -4.67. The Bertz CT molecular complexity index is 1210. The number of halogens is 3. The van der Waals surface area contributed by atoms with E-state index >= 15 is 0 Å². The highest BCUT2D eigenvalue weighted by atomic mass is 19.4. The van der Waals surface area contributed by atoms with Gasteiger partial charge in [-0.15, -0.1) is 5.10 Å². The first-order valence-electron chi connectivity index (χ1n) is 10.3. The number of rotatable bonds is 5. The van der Waals surface area contributed by atoms with Gasteiger partial charge in [-0.1, -0.05) is 26.8 Å². The van der Waals surface area contributed by atoms with Crippen molar-refractivity contribution in [1.29, 1.82) is 0 Å². The van der Waals surface area contributed by atoms with E-state index in [0.29, 0.717) is 28.3 Å². The van der Waals surface area contributed by atoms with E-state index in [1.165, 1.54) is 0 Å². The summed E-state index contributed by atoms with van der Waals surface area (Å²) in [5.41, 5.74) is 2.07. The number of hydrogen-bond acceptors (Lipinski definition) is 5. The van der Waals surface area contributed by atoms with E-state index in [9.17, 15) is 22.8 Å². The van der Waals surface area contributed by atoms with Gasteiger partial charge in [0.2, 0.25) is 11.8 Å². The number of hydrogen-bond donors (Lipinski definition) is 2. The molecule has 2 N–H and O–H groups in total. The molecule has 8 nitrogen and oxygen atoms in total. The number of amides is 2. The summed E-state index contributed by atoms with van der Waals surface area (Å²) < 4.78 is 39.8. The molecule has 0 atom stereocenters. The van der Waals surface area contributed by atoms with Crippen molar-refractivity contribution in [2.75, 3.05) is 10.6 Å². The van der Waals surface area contributed by atoms with Crippen molar-refractivity contribution in [2.45, 2.75) is 53.6 Å². The molecule has 0 bridgehead atoms. The number of aromatic nitrogens is 4. The third kappa shape index (κ3) is 5.65. The zero-order valence-electron chi connectivity index (χ0n) is 19.0. The predicted octanol–water partition coefficient (Wildman–Crippen LogP) is 4.32. The minimum Gasteiger partial charge on any atom is -0.326 e. The Morgan fingerprint density at radius 3 is 2.27 bits per heavy atom. The SMILES string of the molecule is Cc1nc2nc(C(F)(F)F)nn2c(C)c1CCC(=O)Nc1cccc(NC(=O)C(C)(C)C)c1. The van der Waals surface area contributed by atoms with Crippen LogP contribution in [-0.4, -0.2) is 31.4 Å². The van der Waals surface area contributed by atoms with Gasteiger partial charge in [0.25, 0.3) is 11.6 Å². The van der Waals surface area contributed by atoms with Gasteiger partial charge in [-0.2, -0.15) is 18.2 Å². The molecule has 2 aromatic heterocycles. The molecule has 0 saturated heterocycles. The van der Waals surface area contributed by atoms with Gasteiger partial charge in [-0.05, 0) is 44.0 Å². The first-order valence-corrected chi connectivity index (χ1v) is 10.3. The molecule has 11 heteroatoms. The molecule has 3 rings (SSSR count). The fraction of sp³-hybridized carbons (Fsp3) is 0.409. The topological polar surface area (TPSA) is 101 Å². The third-order valence-corrected chi connectivity index (χ3v) is 4.99. The number of benzene rings is 1. The molecule has 3 aromatic rings. The summed E-state index contributed by atoms with van der Waals surface area (Å²) in [5, 5.41) is 9.09. The zero-order chi connectivity index (χ0) is 24.6. The lowest BCUT2D eigenvalue weighted by molar-refractivity contribution is -0.144. The average molecular weight is 462 g/mol. The number of carbonyl (C=O) groups excluding carboxylic acids is 2. The van der Waals surface area contributed by atoms with Gasteiger partial charge in [0, 0.05) is 34.6 Å². The molecule has 0 fully saturated rings. The monoisotopic (exact) mass is 462 g/mol. The van der Waals surface area contributed by atoms with Crippen LogP contribution < -0.4 is 10.6 Å². The van der Waals surface area contributed by atoms with Gasteiger partial charge in [0.05, 0.1) is 0 Å². The molecule has 0 aliphatic heterocycles. The minimum absolute atomic E-state index is 0.0776. The van der Waals surface area contributed by atoms with E-state index in [2.05, 4.69) is 25.7 Å². The summed E-state index contributed by atoms with van der Waals surface area (Å²) >= 11 is 0. The second-order valence-electron chi connectivity index (χ2n) is 8.74. The van der Waals surface area contributed by atoms with Gasteiger partial charge < -0.3 is 10.6 Å². The second-order valence-corrected chi connectivity index (χ2v) is 8.74. The Labute approximate surface area is 188 Å². The molecular formula is C22H25F3N6O2. The molecule has 0 spiro atoms.